The summed E-state index contributed by atoms with van der Waals surface area (Å²) in [4.78, 5) is 11.8. The van der Waals surface area contributed by atoms with E-state index in [9.17, 15) is 4.79 Å². The Morgan fingerprint density at radius 2 is 1.94 bits per heavy atom. The summed E-state index contributed by atoms with van der Waals surface area (Å²) in [6, 6.07) is 13.2. The number of anilines is 1. The molecule has 1 aromatic heterocycles. The van der Waals surface area contributed by atoms with Crippen molar-refractivity contribution in [3.63, 3.8) is 0 Å². The van der Waals surface area contributed by atoms with Gasteiger partial charge in [-0.1, -0.05) is 30.3 Å². The quantitative estimate of drug-likeness (QED) is 0.856. The summed E-state index contributed by atoms with van der Waals surface area (Å²) in [7, 11) is 0. The van der Waals surface area contributed by atoms with E-state index >= 15 is 0 Å². The van der Waals surface area contributed by atoms with E-state index in [-0.39, 0.29) is 5.91 Å². The van der Waals surface area contributed by atoms with Crippen molar-refractivity contribution in [2.75, 3.05) is 11.6 Å². The van der Waals surface area contributed by atoms with E-state index in [0.29, 0.717) is 12.2 Å². The Hall–Kier alpha value is -1.88. The van der Waals surface area contributed by atoms with Gasteiger partial charge in [0.25, 0.3) is 0 Å². The van der Waals surface area contributed by atoms with Crippen LogP contribution in [0.4, 0.5) is 5.82 Å². The largest absolute Gasteiger partial charge is 0.309 e. The number of aromatic nitrogens is 2. The zero-order valence-corrected chi connectivity index (χ0v) is 10.8. The molecule has 1 amide bonds. The van der Waals surface area contributed by atoms with Crippen LogP contribution in [0.3, 0.4) is 0 Å². The topological polar surface area (TPSA) is 54.9 Å². The molecule has 4 nitrogen and oxygen atoms in total. The van der Waals surface area contributed by atoms with Gasteiger partial charge in [0.1, 0.15) is 5.03 Å². The molecule has 0 aliphatic heterocycles. The number of carbonyl (C=O) groups excluding carboxylic acids is 1. The molecular formula is C13H13N3OS. The van der Waals surface area contributed by atoms with Crippen LogP contribution in [-0.4, -0.2) is 22.4 Å². The van der Waals surface area contributed by atoms with Gasteiger partial charge in [0, 0.05) is 0 Å². The monoisotopic (exact) mass is 259 g/mol. The first kappa shape index (κ1) is 12.6. The fraction of sp³-hybridized carbons (Fsp3) is 0.154. The van der Waals surface area contributed by atoms with Gasteiger partial charge >= 0.3 is 0 Å². The lowest BCUT2D eigenvalue weighted by Gasteiger charge is -2.04. The molecule has 1 N–H and O–H groups in total. The van der Waals surface area contributed by atoms with Gasteiger partial charge in [-0.3, -0.25) is 4.79 Å². The Morgan fingerprint density at radius 1 is 1.17 bits per heavy atom. The summed E-state index contributed by atoms with van der Waals surface area (Å²) in [6.07, 6.45) is 2.27. The number of amides is 1. The standard InChI is InChI=1S/C13H13N3OS/c1-18-13-8-7-11(15-16-13)14-12(17)9-10-5-3-2-4-6-10/h2-8H,9H2,1H3,(H,14,15,17). The van der Waals surface area contributed by atoms with Crippen molar-refractivity contribution in [3.8, 4) is 0 Å². The molecule has 18 heavy (non-hydrogen) atoms. The molecule has 0 bridgehead atoms. The molecule has 5 heteroatoms. The van der Waals surface area contributed by atoms with E-state index in [0.717, 1.165) is 10.6 Å². The zero-order valence-electron chi connectivity index (χ0n) is 9.96. The van der Waals surface area contributed by atoms with Crippen molar-refractivity contribution >= 4 is 23.5 Å². The third kappa shape index (κ3) is 3.56. The minimum absolute atomic E-state index is 0.0904. The molecule has 0 aliphatic rings. The van der Waals surface area contributed by atoms with Crippen molar-refractivity contribution in [3.05, 3.63) is 48.0 Å². The van der Waals surface area contributed by atoms with Crippen molar-refractivity contribution in [2.45, 2.75) is 11.4 Å². The van der Waals surface area contributed by atoms with Crippen LogP contribution in [0.1, 0.15) is 5.56 Å². The van der Waals surface area contributed by atoms with Crippen LogP contribution in [0.2, 0.25) is 0 Å². The predicted octanol–water partition coefficient (Wildman–Crippen LogP) is 2.38. The molecule has 0 saturated carbocycles. The lowest BCUT2D eigenvalue weighted by atomic mass is 10.1. The van der Waals surface area contributed by atoms with Crippen molar-refractivity contribution in [2.24, 2.45) is 0 Å². The molecule has 2 aromatic rings. The Kier molecular flexibility index (Phi) is 4.30. The van der Waals surface area contributed by atoms with Gasteiger partial charge in [-0.2, -0.15) is 0 Å². The lowest BCUT2D eigenvalue weighted by molar-refractivity contribution is -0.115. The third-order valence-corrected chi connectivity index (χ3v) is 2.96. The normalized spacial score (nSPS) is 10.1. The number of hydrogen-bond acceptors (Lipinski definition) is 4. The summed E-state index contributed by atoms with van der Waals surface area (Å²) >= 11 is 1.51. The molecule has 0 aliphatic carbocycles. The summed E-state index contributed by atoms with van der Waals surface area (Å²) in [5, 5.41) is 11.4. The maximum absolute atomic E-state index is 11.8. The van der Waals surface area contributed by atoms with Crippen molar-refractivity contribution in [1.29, 1.82) is 0 Å². The van der Waals surface area contributed by atoms with E-state index in [1.165, 1.54) is 11.8 Å². The van der Waals surface area contributed by atoms with E-state index in [1.807, 2.05) is 42.7 Å². The molecule has 0 fully saturated rings. The fourth-order valence-electron chi connectivity index (χ4n) is 1.46. The number of nitrogens with zero attached hydrogens (tertiary/aromatic N) is 2. The first-order valence-electron chi connectivity index (χ1n) is 5.49. The van der Waals surface area contributed by atoms with Gasteiger partial charge in [0.15, 0.2) is 5.82 Å². The lowest BCUT2D eigenvalue weighted by Crippen LogP contribution is -2.15. The van der Waals surface area contributed by atoms with Crippen LogP contribution in [0.25, 0.3) is 0 Å². The molecule has 2 rings (SSSR count). The molecule has 1 heterocycles. The van der Waals surface area contributed by atoms with Gasteiger partial charge in [0.05, 0.1) is 6.42 Å². The van der Waals surface area contributed by atoms with Gasteiger partial charge in [-0.05, 0) is 24.0 Å². The maximum atomic E-state index is 11.8. The second kappa shape index (κ2) is 6.16. The number of hydrogen-bond donors (Lipinski definition) is 1. The third-order valence-electron chi connectivity index (χ3n) is 2.32. The highest BCUT2D eigenvalue weighted by atomic mass is 32.2. The van der Waals surface area contributed by atoms with Gasteiger partial charge < -0.3 is 5.32 Å². The number of thioether (sulfide) groups is 1. The predicted molar refractivity (Wildman–Crippen MR) is 72.6 cm³/mol. The van der Waals surface area contributed by atoms with Crippen LogP contribution in [0.5, 0.6) is 0 Å². The number of rotatable bonds is 4. The number of benzene rings is 1. The Morgan fingerprint density at radius 3 is 2.56 bits per heavy atom. The highest BCUT2D eigenvalue weighted by molar-refractivity contribution is 7.98. The van der Waals surface area contributed by atoms with Crippen molar-refractivity contribution in [1.82, 2.24) is 10.2 Å². The molecule has 0 radical (unpaired) electrons. The second-order valence-corrected chi connectivity index (χ2v) is 4.50. The summed E-state index contributed by atoms with van der Waals surface area (Å²) in [5.41, 5.74) is 0.976. The molecule has 1 aromatic carbocycles. The molecule has 0 saturated heterocycles. The van der Waals surface area contributed by atoms with Gasteiger partial charge in [-0.25, -0.2) is 0 Å². The summed E-state index contributed by atoms with van der Waals surface area (Å²) in [5.74, 6) is 0.390. The molecule has 0 atom stereocenters. The summed E-state index contributed by atoms with van der Waals surface area (Å²) < 4.78 is 0. The Bertz CT molecular complexity index is 514. The SMILES string of the molecule is CSc1ccc(NC(=O)Cc2ccccc2)nn1. The Balaban J connectivity index is 1.94. The van der Waals surface area contributed by atoms with E-state index in [1.54, 1.807) is 6.07 Å². The van der Waals surface area contributed by atoms with E-state index in [2.05, 4.69) is 15.5 Å². The first-order chi connectivity index (χ1) is 8.78. The van der Waals surface area contributed by atoms with E-state index < -0.39 is 0 Å². The minimum atomic E-state index is -0.0904. The van der Waals surface area contributed by atoms with Crippen molar-refractivity contribution < 1.29 is 4.79 Å². The van der Waals surface area contributed by atoms with Gasteiger partial charge in [-0.15, -0.1) is 22.0 Å². The first-order valence-corrected chi connectivity index (χ1v) is 6.72. The van der Waals surface area contributed by atoms with Crippen LogP contribution in [0.15, 0.2) is 47.5 Å². The average Bonchev–Trinajstić information content (AvgIpc) is 2.40. The number of nitrogens with one attached hydrogen (secondary N) is 1. The van der Waals surface area contributed by atoms with Crippen LogP contribution in [0, 0.1) is 0 Å². The zero-order chi connectivity index (χ0) is 12.8. The maximum Gasteiger partial charge on any atom is 0.229 e. The fourth-order valence-corrected chi connectivity index (χ4v) is 1.79. The second-order valence-electron chi connectivity index (χ2n) is 3.67. The van der Waals surface area contributed by atoms with Crippen LogP contribution in [-0.2, 0) is 11.2 Å². The smallest absolute Gasteiger partial charge is 0.229 e. The highest BCUT2D eigenvalue weighted by Gasteiger charge is 2.05. The van der Waals surface area contributed by atoms with E-state index in [4.69, 9.17) is 0 Å². The van der Waals surface area contributed by atoms with Crippen LogP contribution >= 0.6 is 11.8 Å². The molecule has 92 valence electrons. The average molecular weight is 259 g/mol. The summed E-state index contributed by atoms with van der Waals surface area (Å²) in [6.45, 7) is 0. The highest BCUT2D eigenvalue weighted by Crippen LogP contribution is 2.11. The minimum Gasteiger partial charge on any atom is -0.309 e. The van der Waals surface area contributed by atoms with Crippen LogP contribution < -0.4 is 5.32 Å². The number of carbonyl (C=O) groups is 1. The molecule has 0 spiro atoms. The Labute approximate surface area is 110 Å². The molecule has 0 unspecified atom stereocenters. The van der Waals surface area contributed by atoms with Gasteiger partial charge in [0.2, 0.25) is 5.91 Å². The molecular weight excluding hydrogens is 246 g/mol.